The number of carbonyl (C=O) groups excluding carboxylic acids is 1. The zero-order chi connectivity index (χ0) is 15.6. The van der Waals surface area contributed by atoms with Gasteiger partial charge in [0.05, 0.1) is 14.3 Å². The van der Waals surface area contributed by atoms with Crippen molar-refractivity contribution in [3.8, 4) is 0 Å². The summed E-state index contributed by atoms with van der Waals surface area (Å²) in [7, 11) is 1.67. The minimum absolute atomic E-state index is 0.118. The zero-order valence-electron chi connectivity index (χ0n) is 10.9. The van der Waals surface area contributed by atoms with Crippen molar-refractivity contribution in [2.45, 2.75) is 6.54 Å². The molecule has 1 aromatic carbocycles. The Hall–Kier alpha value is -1.25. The van der Waals surface area contributed by atoms with E-state index in [0.29, 0.717) is 6.54 Å². The van der Waals surface area contributed by atoms with Crippen LogP contribution in [-0.2, 0) is 6.54 Å². The zero-order valence-corrected chi connectivity index (χ0v) is 14.9. The van der Waals surface area contributed by atoms with Crippen molar-refractivity contribution in [3.05, 3.63) is 59.1 Å². The Morgan fingerprint density at radius 1 is 1.43 bits per heavy atom. The second kappa shape index (κ2) is 6.67. The van der Waals surface area contributed by atoms with Gasteiger partial charge in [0, 0.05) is 19.7 Å². The first-order valence-electron chi connectivity index (χ1n) is 5.81. The summed E-state index contributed by atoms with van der Waals surface area (Å²) < 4.78 is 1.20. The van der Waals surface area contributed by atoms with Crippen LogP contribution in [0.1, 0.15) is 15.9 Å². The second-order valence-corrected chi connectivity index (χ2v) is 7.40. The summed E-state index contributed by atoms with van der Waals surface area (Å²) in [6.45, 7) is 0.441. The van der Waals surface area contributed by atoms with Gasteiger partial charge in [-0.3, -0.25) is 14.9 Å². The highest BCUT2D eigenvalue weighted by Gasteiger charge is 2.22. The Morgan fingerprint density at radius 2 is 2.14 bits per heavy atom. The van der Waals surface area contributed by atoms with E-state index in [9.17, 15) is 14.9 Å². The third kappa shape index (κ3) is 3.69. The Bertz CT molecular complexity index is 702. The lowest BCUT2D eigenvalue weighted by Crippen LogP contribution is -2.26. The molecule has 0 spiro atoms. The molecule has 0 aliphatic carbocycles. The summed E-state index contributed by atoms with van der Waals surface area (Å²) in [6.07, 6.45) is 0. The van der Waals surface area contributed by atoms with Crippen molar-refractivity contribution >= 4 is 54.8 Å². The largest absolute Gasteiger partial charge is 0.337 e. The molecule has 0 fully saturated rings. The van der Waals surface area contributed by atoms with Crippen LogP contribution in [0.4, 0.5) is 5.69 Å². The number of halogens is 2. The fourth-order valence-corrected chi connectivity index (χ4v) is 3.59. The van der Waals surface area contributed by atoms with Crippen LogP contribution in [0.25, 0.3) is 0 Å². The van der Waals surface area contributed by atoms with Crippen LogP contribution >= 0.6 is 43.2 Å². The smallest absolute Gasteiger partial charge is 0.284 e. The van der Waals surface area contributed by atoms with Crippen LogP contribution in [0.15, 0.2) is 37.9 Å². The highest BCUT2D eigenvalue weighted by Crippen LogP contribution is 2.29. The molecule has 0 unspecified atom stereocenters. The monoisotopic (exact) mass is 432 g/mol. The third-order valence-corrected chi connectivity index (χ3v) is 5.18. The summed E-state index contributed by atoms with van der Waals surface area (Å²) in [4.78, 5) is 24.3. The molecule has 0 saturated heterocycles. The van der Waals surface area contributed by atoms with E-state index in [1.54, 1.807) is 24.5 Å². The van der Waals surface area contributed by atoms with Gasteiger partial charge < -0.3 is 4.90 Å². The molecule has 110 valence electrons. The highest BCUT2D eigenvalue weighted by molar-refractivity contribution is 9.11. The van der Waals surface area contributed by atoms with Crippen LogP contribution in [0.2, 0.25) is 0 Å². The van der Waals surface area contributed by atoms with E-state index in [0.717, 1.165) is 9.35 Å². The summed E-state index contributed by atoms with van der Waals surface area (Å²) >= 11 is 8.06. The fraction of sp³-hybridized carbons (Fsp3) is 0.154. The van der Waals surface area contributed by atoms with Gasteiger partial charge in [0.15, 0.2) is 0 Å². The van der Waals surface area contributed by atoms with E-state index >= 15 is 0 Å². The van der Waals surface area contributed by atoms with Gasteiger partial charge in [-0.1, -0.05) is 6.07 Å². The van der Waals surface area contributed by atoms with Gasteiger partial charge in [-0.25, -0.2) is 0 Å². The number of rotatable bonds is 4. The molecule has 0 atom stereocenters. The predicted octanol–water partition coefficient (Wildman–Crippen LogP) is 4.45. The Kier molecular flexibility index (Phi) is 5.13. The minimum atomic E-state index is -0.517. The van der Waals surface area contributed by atoms with Gasteiger partial charge in [-0.2, -0.15) is 0 Å². The van der Waals surface area contributed by atoms with Crippen LogP contribution in [0.5, 0.6) is 0 Å². The highest BCUT2D eigenvalue weighted by atomic mass is 79.9. The first-order valence-corrected chi connectivity index (χ1v) is 8.28. The number of nitro groups is 1. The molecular weight excluding hydrogens is 424 g/mol. The maximum absolute atomic E-state index is 12.4. The van der Waals surface area contributed by atoms with Crippen molar-refractivity contribution in [2.75, 3.05) is 7.05 Å². The van der Waals surface area contributed by atoms with Crippen LogP contribution in [0.3, 0.4) is 0 Å². The molecule has 0 saturated carbocycles. The molecule has 1 heterocycles. The molecule has 1 aromatic heterocycles. The summed E-state index contributed by atoms with van der Waals surface area (Å²) in [5.41, 5.74) is 1.16. The fourth-order valence-electron chi connectivity index (χ4n) is 1.81. The molecule has 0 aliphatic rings. The lowest BCUT2D eigenvalue weighted by Gasteiger charge is -2.17. The lowest BCUT2D eigenvalue weighted by molar-refractivity contribution is -0.385. The molecule has 2 rings (SSSR count). The Labute approximate surface area is 142 Å². The standard InChI is InChI=1S/C13H10Br2N2O3S/c1-16(6-8-5-11(14)21-7-8)13(18)9-3-2-4-10(12(9)15)17(19)20/h2-5,7H,6H2,1H3. The van der Waals surface area contributed by atoms with Crippen LogP contribution in [-0.4, -0.2) is 22.8 Å². The van der Waals surface area contributed by atoms with Crippen molar-refractivity contribution in [2.24, 2.45) is 0 Å². The molecule has 5 nitrogen and oxygen atoms in total. The van der Waals surface area contributed by atoms with Crippen molar-refractivity contribution < 1.29 is 9.72 Å². The maximum atomic E-state index is 12.4. The number of nitro benzene ring substituents is 1. The quantitative estimate of drug-likeness (QED) is 0.528. The number of benzene rings is 1. The van der Waals surface area contributed by atoms with Crippen molar-refractivity contribution in [3.63, 3.8) is 0 Å². The predicted molar refractivity (Wildman–Crippen MR) is 88.6 cm³/mol. The molecule has 8 heteroatoms. The van der Waals surface area contributed by atoms with Gasteiger partial charge in [-0.05, 0) is 54.9 Å². The average molecular weight is 434 g/mol. The number of carbonyl (C=O) groups is 1. The second-order valence-electron chi connectivity index (χ2n) is 4.32. The summed E-state index contributed by atoms with van der Waals surface area (Å²) in [5, 5.41) is 12.9. The topological polar surface area (TPSA) is 63.5 Å². The molecule has 0 aliphatic heterocycles. The third-order valence-electron chi connectivity index (χ3n) is 2.79. The summed E-state index contributed by atoms with van der Waals surface area (Å²) in [6, 6.07) is 6.37. The normalized spacial score (nSPS) is 10.4. The molecule has 1 amide bonds. The Morgan fingerprint density at radius 3 is 2.71 bits per heavy atom. The number of hydrogen-bond donors (Lipinski definition) is 0. The number of hydrogen-bond acceptors (Lipinski definition) is 4. The number of amides is 1. The molecule has 2 aromatic rings. The molecule has 0 radical (unpaired) electrons. The van der Waals surface area contributed by atoms with E-state index < -0.39 is 4.92 Å². The van der Waals surface area contributed by atoms with Gasteiger partial charge in [0.25, 0.3) is 11.6 Å². The van der Waals surface area contributed by atoms with Crippen molar-refractivity contribution in [1.29, 1.82) is 0 Å². The number of nitrogens with zero attached hydrogens (tertiary/aromatic N) is 2. The van der Waals surface area contributed by atoms with Gasteiger partial charge in [0.1, 0.15) is 4.47 Å². The van der Waals surface area contributed by atoms with E-state index in [1.165, 1.54) is 17.0 Å². The van der Waals surface area contributed by atoms with Gasteiger partial charge in [-0.15, -0.1) is 11.3 Å². The first-order chi connectivity index (χ1) is 9.90. The lowest BCUT2D eigenvalue weighted by atomic mass is 10.1. The molecular formula is C13H10Br2N2O3S. The molecule has 21 heavy (non-hydrogen) atoms. The SMILES string of the molecule is CN(Cc1csc(Br)c1)C(=O)c1cccc([N+](=O)[O-])c1Br. The molecule has 0 N–H and O–H groups in total. The average Bonchev–Trinajstić information content (AvgIpc) is 2.83. The van der Waals surface area contributed by atoms with Gasteiger partial charge in [0.2, 0.25) is 0 Å². The number of thiophene rings is 1. The van der Waals surface area contributed by atoms with E-state index in [4.69, 9.17) is 0 Å². The van der Waals surface area contributed by atoms with E-state index in [1.807, 2.05) is 11.4 Å². The minimum Gasteiger partial charge on any atom is -0.337 e. The van der Waals surface area contributed by atoms with Gasteiger partial charge >= 0.3 is 0 Å². The van der Waals surface area contributed by atoms with Crippen molar-refractivity contribution in [1.82, 2.24) is 4.90 Å². The van der Waals surface area contributed by atoms with Crippen LogP contribution < -0.4 is 0 Å². The molecule has 0 bridgehead atoms. The van der Waals surface area contributed by atoms with Crippen LogP contribution in [0, 0.1) is 10.1 Å². The van der Waals surface area contributed by atoms with E-state index in [-0.39, 0.29) is 21.6 Å². The Balaban J connectivity index is 2.23. The maximum Gasteiger partial charge on any atom is 0.284 e. The van der Waals surface area contributed by atoms with E-state index in [2.05, 4.69) is 31.9 Å². The first kappa shape index (κ1) is 16.1. The summed E-state index contributed by atoms with van der Waals surface area (Å²) in [5.74, 6) is -0.270.